The monoisotopic (exact) mass is 216 g/mol. The van der Waals surface area contributed by atoms with Crippen LogP contribution in [0.3, 0.4) is 0 Å². The van der Waals surface area contributed by atoms with Gasteiger partial charge in [0.2, 0.25) is 0 Å². The van der Waals surface area contributed by atoms with Crippen LogP contribution in [0.25, 0.3) is 0 Å². The molecule has 0 aliphatic carbocycles. The van der Waals surface area contributed by atoms with E-state index in [2.05, 4.69) is 42.4 Å². The Hall–Kier alpha value is -1.31. The highest BCUT2D eigenvalue weighted by molar-refractivity contribution is 5.96. The van der Waals surface area contributed by atoms with Gasteiger partial charge in [-0.2, -0.15) is 0 Å². The third kappa shape index (κ3) is 2.84. The summed E-state index contributed by atoms with van der Waals surface area (Å²) in [6.45, 7) is 5.24. The minimum absolute atomic E-state index is 0.979. The van der Waals surface area contributed by atoms with Crippen LogP contribution in [0.5, 0.6) is 0 Å². The van der Waals surface area contributed by atoms with E-state index < -0.39 is 0 Å². The number of hydrogen-bond acceptors (Lipinski definition) is 2. The summed E-state index contributed by atoms with van der Waals surface area (Å²) in [6, 6.07) is 6.51. The lowest BCUT2D eigenvalue weighted by Gasteiger charge is -2.11. The molecule has 2 nitrogen and oxygen atoms in total. The first kappa shape index (κ1) is 11.2. The minimum atomic E-state index is 0.979. The molecule has 2 heteroatoms. The first-order valence-electron chi connectivity index (χ1n) is 6.13. The fourth-order valence-corrected chi connectivity index (χ4v) is 2.00. The molecule has 1 aromatic rings. The Balaban J connectivity index is 2.13. The lowest BCUT2D eigenvalue weighted by molar-refractivity contribution is 0.731. The van der Waals surface area contributed by atoms with Gasteiger partial charge < -0.3 is 5.32 Å². The summed E-state index contributed by atoms with van der Waals surface area (Å²) in [6.07, 6.45) is 4.89. The van der Waals surface area contributed by atoms with Gasteiger partial charge in [0.1, 0.15) is 5.84 Å². The number of aliphatic imine (C=N–C) groups is 1. The van der Waals surface area contributed by atoms with Crippen molar-refractivity contribution in [2.24, 2.45) is 4.99 Å². The van der Waals surface area contributed by atoms with Crippen LogP contribution in [0.4, 0.5) is 5.69 Å². The zero-order chi connectivity index (χ0) is 11.4. The number of rotatable bonds is 1. The van der Waals surface area contributed by atoms with Gasteiger partial charge in [-0.25, -0.2) is 0 Å². The van der Waals surface area contributed by atoms with Gasteiger partial charge in [0, 0.05) is 18.7 Å². The molecule has 0 amide bonds. The summed E-state index contributed by atoms with van der Waals surface area (Å²) >= 11 is 0. The van der Waals surface area contributed by atoms with Gasteiger partial charge >= 0.3 is 0 Å². The Morgan fingerprint density at radius 2 is 2.00 bits per heavy atom. The normalized spacial score (nSPS) is 16.5. The van der Waals surface area contributed by atoms with Crippen LogP contribution in [0.2, 0.25) is 0 Å². The van der Waals surface area contributed by atoms with Crippen molar-refractivity contribution in [3.8, 4) is 0 Å². The van der Waals surface area contributed by atoms with Crippen LogP contribution in [-0.4, -0.2) is 12.4 Å². The Bertz CT molecular complexity index is 394. The third-order valence-corrected chi connectivity index (χ3v) is 3.05. The number of amidine groups is 1. The van der Waals surface area contributed by atoms with Gasteiger partial charge in [0.15, 0.2) is 0 Å². The second-order valence-electron chi connectivity index (χ2n) is 4.58. The van der Waals surface area contributed by atoms with E-state index in [1.807, 2.05) is 0 Å². The van der Waals surface area contributed by atoms with Gasteiger partial charge in [-0.15, -0.1) is 0 Å². The van der Waals surface area contributed by atoms with E-state index in [0.717, 1.165) is 18.8 Å². The molecule has 1 aliphatic heterocycles. The summed E-state index contributed by atoms with van der Waals surface area (Å²) in [5.74, 6) is 1.16. The second-order valence-corrected chi connectivity index (χ2v) is 4.58. The van der Waals surface area contributed by atoms with Crippen LogP contribution in [-0.2, 0) is 0 Å². The second kappa shape index (κ2) is 5.15. The Labute approximate surface area is 97.8 Å². The van der Waals surface area contributed by atoms with E-state index in [-0.39, 0.29) is 0 Å². The third-order valence-electron chi connectivity index (χ3n) is 3.05. The molecule has 0 unspecified atom stereocenters. The van der Waals surface area contributed by atoms with Crippen molar-refractivity contribution >= 4 is 11.5 Å². The van der Waals surface area contributed by atoms with Gasteiger partial charge in [0.25, 0.3) is 0 Å². The fourth-order valence-electron chi connectivity index (χ4n) is 2.00. The number of benzene rings is 1. The van der Waals surface area contributed by atoms with Crippen molar-refractivity contribution in [2.45, 2.75) is 39.5 Å². The van der Waals surface area contributed by atoms with Crippen molar-refractivity contribution in [2.75, 3.05) is 11.9 Å². The largest absolute Gasteiger partial charge is 0.344 e. The highest BCUT2D eigenvalue weighted by Gasteiger charge is 2.06. The fraction of sp³-hybridized carbons (Fsp3) is 0.500. The maximum atomic E-state index is 4.59. The standard InChI is InChI=1S/C14H20N2/c1-11-7-8-12(2)13(10-11)16-14-6-4-3-5-9-15-14/h7-8,10H,3-6,9H2,1-2H3,(H,15,16). The lowest BCUT2D eigenvalue weighted by Crippen LogP contribution is -2.12. The minimum Gasteiger partial charge on any atom is -0.344 e. The number of aryl methyl sites for hydroxylation is 2. The van der Waals surface area contributed by atoms with Crippen LogP contribution in [0.15, 0.2) is 23.2 Å². The maximum absolute atomic E-state index is 4.59. The summed E-state index contributed by atoms with van der Waals surface area (Å²) in [4.78, 5) is 4.59. The van der Waals surface area contributed by atoms with Gasteiger partial charge in [-0.05, 0) is 43.9 Å². The zero-order valence-corrected chi connectivity index (χ0v) is 10.2. The average molecular weight is 216 g/mol. The zero-order valence-electron chi connectivity index (χ0n) is 10.2. The Morgan fingerprint density at radius 1 is 1.12 bits per heavy atom. The Kier molecular flexibility index (Phi) is 3.60. The maximum Gasteiger partial charge on any atom is 0.101 e. The molecular formula is C14H20N2. The summed E-state index contributed by atoms with van der Waals surface area (Å²) in [7, 11) is 0. The van der Waals surface area contributed by atoms with Crippen molar-refractivity contribution in [3.05, 3.63) is 29.3 Å². The van der Waals surface area contributed by atoms with Gasteiger partial charge in [-0.3, -0.25) is 4.99 Å². The van der Waals surface area contributed by atoms with Crippen molar-refractivity contribution in [1.82, 2.24) is 0 Å². The van der Waals surface area contributed by atoms with Gasteiger partial charge in [-0.1, -0.05) is 18.6 Å². The molecule has 2 rings (SSSR count). The molecule has 0 saturated heterocycles. The van der Waals surface area contributed by atoms with Crippen LogP contribution >= 0.6 is 0 Å². The molecule has 86 valence electrons. The molecule has 0 saturated carbocycles. The molecule has 0 fully saturated rings. The van der Waals surface area contributed by atoms with Gasteiger partial charge in [0.05, 0.1) is 0 Å². The summed E-state index contributed by atoms with van der Waals surface area (Å²) < 4.78 is 0. The van der Waals surface area contributed by atoms with E-state index in [1.165, 1.54) is 36.1 Å². The molecule has 1 aromatic carbocycles. The molecule has 0 spiro atoms. The summed E-state index contributed by atoms with van der Waals surface area (Å²) in [5, 5.41) is 3.48. The van der Waals surface area contributed by atoms with E-state index in [0.29, 0.717) is 0 Å². The van der Waals surface area contributed by atoms with Crippen molar-refractivity contribution < 1.29 is 0 Å². The number of anilines is 1. The highest BCUT2D eigenvalue weighted by Crippen LogP contribution is 2.18. The van der Waals surface area contributed by atoms with Crippen molar-refractivity contribution in [1.29, 1.82) is 0 Å². The number of nitrogens with zero attached hydrogens (tertiary/aromatic N) is 1. The predicted molar refractivity (Wildman–Crippen MR) is 70.3 cm³/mol. The average Bonchev–Trinajstić information content (AvgIpc) is 2.52. The molecule has 0 atom stereocenters. The molecule has 1 N–H and O–H groups in total. The Morgan fingerprint density at radius 3 is 2.88 bits per heavy atom. The molecular weight excluding hydrogens is 196 g/mol. The molecule has 0 aromatic heterocycles. The predicted octanol–water partition coefficient (Wildman–Crippen LogP) is 3.69. The SMILES string of the molecule is Cc1ccc(C)c(NC2=NCCCCC2)c1. The van der Waals surface area contributed by atoms with Crippen molar-refractivity contribution in [3.63, 3.8) is 0 Å². The highest BCUT2D eigenvalue weighted by atomic mass is 15.0. The molecule has 0 bridgehead atoms. The number of hydrogen-bond donors (Lipinski definition) is 1. The topological polar surface area (TPSA) is 24.4 Å². The van der Waals surface area contributed by atoms with E-state index in [4.69, 9.17) is 0 Å². The van der Waals surface area contributed by atoms with E-state index in [1.54, 1.807) is 0 Å². The molecule has 16 heavy (non-hydrogen) atoms. The van der Waals surface area contributed by atoms with E-state index in [9.17, 15) is 0 Å². The quantitative estimate of drug-likeness (QED) is 0.760. The van der Waals surface area contributed by atoms with E-state index >= 15 is 0 Å². The first-order chi connectivity index (χ1) is 7.75. The molecule has 1 heterocycles. The molecule has 1 aliphatic rings. The van der Waals surface area contributed by atoms with Crippen LogP contribution < -0.4 is 5.32 Å². The first-order valence-corrected chi connectivity index (χ1v) is 6.13. The lowest BCUT2D eigenvalue weighted by atomic mass is 10.1. The summed E-state index contributed by atoms with van der Waals surface area (Å²) in [5.41, 5.74) is 3.79. The number of nitrogens with one attached hydrogen (secondary N) is 1. The van der Waals surface area contributed by atoms with Crippen LogP contribution in [0.1, 0.15) is 36.8 Å². The van der Waals surface area contributed by atoms with Crippen LogP contribution in [0, 0.1) is 13.8 Å². The smallest absolute Gasteiger partial charge is 0.101 e. The molecule has 0 radical (unpaired) electrons.